The Balaban J connectivity index is 1.81. The second kappa shape index (κ2) is 6.50. The number of nitro groups is 1. The summed E-state index contributed by atoms with van der Waals surface area (Å²) >= 11 is 0. The van der Waals surface area contributed by atoms with Crippen molar-refractivity contribution >= 4 is 11.4 Å². The molecule has 0 aromatic carbocycles. The van der Waals surface area contributed by atoms with Gasteiger partial charge in [-0.15, -0.1) is 0 Å². The highest BCUT2D eigenvalue weighted by Gasteiger charge is 2.18. The summed E-state index contributed by atoms with van der Waals surface area (Å²) in [6, 6.07) is 1.67. The standard InChI is InChI=1S/C14H21N3O2/c1-11-2-4-12(5-3-11)6-9-16-13-7-8-15-10-14(13)17(18)19/h7-8,10-12H,2-6,9H2,1H3,(H,15,16). The summed E-state index contributed by atoms with van der Waals surface area (Å²) in [6.07, 6.45) is 9.19. The van der Waals surface area contributed by atoms with E-state index in [9.17, 15) is 10.1 Å². The van der Waals surface area contributed by atoms with Crippen LogP contribution in [0, 0.1) is 22.0 Å². The fraction of sp³-hybridized carbons (Fsp3) is 0.643. The van der Waals surface area contributed by atoms with Gasteiger partial charge in [0, 0.05) is 12.7 Å². The van der Waals surface area contributed by atoms with Crippen molar-refractivity contribution in [3.8, 4) is 0 Å². The first-order chi connectivity index (χ1) is 9.16. The van der Waals surface area contributed by atoms with Crippen molar-refractivity contribution in [2.75, 3.05) is 11.9 Å². The van der Waals surface area contributed by atoms with Crippen molar-refractivity contribution in [1.82, 2.24) is 4.98 Å². The lowest BCUT2D eigenvalue weighted by Gasteiger charge is -2.26. The maximum Gasteiger partial charge on any atom is 0.310 e. The lowest BCUT2D eigenvalue weighted by Crippen LogP contribution is -2.16. The van der Waals surface area contributed by atoms with Gasteiger partial charge < -0.3 is 5.32 Å². The molecule has 1 heterocycles. The first-order valence-corrected chi connectivity index (χ1v) is 6.99. The predicted molar refractivity (Wildman–Crippen MR) is 75.1 cm³/mol. The molecule has 1 aliphatic carbocycles. The SMILES string of the molecule is CC1CCC(CCNc2ccncc2[N+](=O)[O-])CC1. The highest BCUT2D eigenvalue weighted by molar-refractivity contribution is 5.59. The fourth-order valence-corrected chi connectivity index (χ4v) is 2.71. The van der Waals surface area contributed by atoms with Gasteiger partial charge in [0.2, 0.25) is 0 Å². The summed E-state index contributed by atoms with van der Waals surface area (Å²) in [5, 5.41) is 14.0. The number of anilines is 1. The second-order valence-corrected chi connectivity index (χ2v) is 5.49. The summed E-state index contributed by atoms with van der Waals surface area (Å²) < 4.78 is 0. The van der Waals surface area contributed by atoms with Crippen LogP contribution in [-0.2, 0) is 0 Å². The van der Waals surface area contributed by atoms with Gasteiger partial charge in [0.05, 0.1) is 4.92 Å². The Morgan fingerprint density at radius 3 is 2.84 bits per heavy atom. The summed E-state index contributed by atoms with van der Waals surface area (Å²) in [5.74, 6) is 1.63. The molecule has 1 N–H and O–H groups in total. The fourth-order valence-electron chi connectivity index (χ4n) is 2.71. The first kappa shape index (κ1) is 13.8. The van der Waals surface area contributed by atoms with Crippen molar-refractivity contribution in [3.05, 3.63) is 28.6 Å². The molecule has 1 fully saturated rings. The molecule has 5 nitrogen and oxygen atoms in total. The molecule has 0 bridgehead atoms. The van der Waals surface area contributed by atoms with Crippen LogP contribution in [0.2, 0.25) is 0 Å². The van der Waals surface area contributed by atoms with Gasteiger partial charge in [0.25, 0.3) is 0 Å². The van der Waals surface area contributed by atoms with Crippen LogP contribution in [0.4, 0.5) is 11.4 Å². The number of hydrogen-bond donors (Lipinski definition) is 1. The van der Waals surface area contributed by atoms with Gasteiger partial charge in [-0.25, -0.2) is 0 Å². The maximum absolute atomic E-state index is 10.8. The molecule has 0 aliphatic heterocycles. The molecule has 5 heteroatoms. The van der Waals surface area contributed by atoms with E-state index in [4.69, 9.17) is 0 Å². The first-order valence-electron chi connectivity index (χ1n) is 6.99. The predicted octanol–water partition coefficient (Wildman–Crippen LogP) is 3.62. The van der Waals surface area contributed by atoms with Crippen LogP contribution in [0.25, 0.3) is 0 Å². The molecule has 1 aromatic rings. The summed E-state index contributed by atoms with van der Waals surface area (Å²) in [7, 11) is 0. The summed E-state index contributed by atoms with van der Waals surface area (Å²) in [6.45, 7) is 3.11. The number of pyridine rings is 1. The Kier molecular flexibility index (Phi) is 4.71. The molecule has 0 spiro atoms. The molecule has 1 aromatic heterocycles. The van der Waals surface area contributed by atoms with E-state index in [2.05, 4.69) is 17.2 Å². The van der Waals surface area contributed by atoms with E-state index in [0.717, 1.165) is 24.8 Å². The van der Waals surface area contributed by atoms with Crippen LogP contribution in [0.3, 0.4) is 0 Å². The van der Waals surface area contributed by atoms with Crippen LogP contribution in [0.5, 0.6) is 0 Å². The third kappa shape index (κ3) is 3.91. The van der Waals surface area contributed by atoms with Crippen molar-refractivity contribution in [1.29, 1.82) is 0 Å². The number of rotatable bonds is 5. The van der Waals surface area contributed by atoms with E-state index >= 15 is 0 Å². The van der Waals surface area contributed by atoms with Gasteiger partial charge in [-0.3, -0.25) is 15.1 Å². The topological polar surface area (TPSA) is 68.1 Å². The zero-order valence-corrected chi connectivity index (χ0v) is 11.3. The van der Waals surface area contributed by atoms with Gasteiger partial charge in [-0.2, -0.15) is 0 Å². The van der Waals surface area contributed by atoms with Crippen molar-refractivity contribution in [2.45, 2.75) is 39.0 Å². The minimum Gasteiger partial charge on any atom is -0.379 e. The molecule has 0 saturated heterocycles. The lowest BCUT2D eigenvalue weighted by atomic mass is 9.81. The average molecular weight is 263 g/mol. The molecule has 19 heavy (non-hydrogen) atoms. The lowest BCUT2D eigenvalue weighted by molar-refractivity contribution is -0.384. The Labute approximate surface area is 113 Å². The zero-order valence-electron chi connectivity index (χ0n) is 11.3. The average Bonchev–Trinajstić information content (AvgIpc) is 2.41. The molecular formula is C14H21N3O2. The third-order valence-electron chi connectivity index (χ3n) is 4.00. The van der Waals surface area contributed by atoms with Crippen LogP contribution in [-0.4, -0.2) is 16.5 Å². The quantitative estimate of drug-likeness (QED) is 0.650. The van der Waals surface area contributed by atoms with Gasteiger partial charge >= 0.3 is 5.69 Å². The van der Waals surface area contributed by atoms with Gasteiger partial charge in [-0.1, -0.05) is 32.6 Å². The monoisotopic (exact) mass is 263 g/mol. The summed E-state index contributed by atoms with van der Waals surface area (Å²) in [5.41, 5.74) is 0.629. The molecule has 0 atom stereocenters. The second-order valence-electron chi connectivity index (χ2n) is 5.49. The molecule has 2 rings (SSSR count). The van der Waals surface area contributed by atoms with Gasteiger partial charge in [0.15, 0.2) is 0 Å². The van der Waals surface area contributed by atoms with Gasteiger partial charge in [-0.05, 0) is 24.3 Å². The van der Waals surface area contributed by atoms with E-state index in [1.165, 1.54) is 31.9 Å². The van der Waals surface area contributed by atoms with Crippen LogP contribution in [0.1, 0.15) is 39.0 Å². The molecular weight excluding hydrogens is 242 g/mol. The Morgan fingerprint density at radius 1 is 1.42 bits per heavy atom. The van der Waals surface area contributed by atoms with E-state index < -0.39 is 4.92 Å². The Bertz CT molecular complexity index is 428. The van der Waals surface area contributed by atoms with Crippen LogP contribution in [0.15, 0.2) is 18.5 Å². The van der Waals surface area contributed by atoms with E-state index in [-0.39, 0.29) is 5.69 Å². The minimum atomic E-state index is -0.391. The molecule has 0 unspecified atom stereocenters. The Hall–Kier alpha value is -1.65. The molecule has 0 amide bonds. The van der Waals surface area contributed by atoms with Crippen molar-refractivity contribution < 1.29 is 4.92 Å². The molecule has 1 aliphatic rings. The third-order valence-corrected chi connectivity index (χ3v) is 4.00. The maximum atomic E-state index is 10.8. The number of aromatic nitrogens is 1. The largest absolute Gasteiger partial charge is 0.379 e. The minimum absolute atomic E-state index is 0.0553. The van der Waals surface area contributed by atoms with Crippen LogP contribution < -0.4 is 5.32 Å². The highest BCUT2D eigenvalue weighted by Crippen LogP contribution is 2.30. The zero-order chi connectivity index (χ0) is 13.7. The molecule has 0 radical (unpaired) electrons. The summed E-state index contributed by atoms with van der Waals surface area (Å²) in [4.78, 5) is 14.2. The normalized spacial score (nSPS) is 23.0. The van der Waals surface area contributed by atoms with Crippen molar-refractivity contribution in [2.24, 2.45) is 11.8 Å². The van der Waals surface area contributed by atoms with E-state index in [0.29, 0.717) is 5.69 Å². The highest BCUT2D eigenvalue weighted by atomic mass is 16.6. The van der Waals surface area contributed by atoms with Gasteiger partial charge in [0.1, 0.15) is 11.9 Å². The van der Waals surface area contributed by atoms with E-state index in [1.807, 2.05) is 0 Å². The van der Waals surface area contributed by atoms with Crippen LogP contribution >= 0.6 is 0 Å². The Morgan fingerprint density at radius 2 is 2.16 bits per heavy atom. The molecule has 104 valence electrons. The number of hydrogen-bond acceptors (Lipinski definition) is 4. The smallest absolute Gasteiger partial charge is 0.310 e. The van der Waals surface area contributed by atoms with Crippen molar-refractivity contribution in [3.63, 3.8) is 0 Å². The van der Waals surface area contributed by atoms with E-state index in [1.54, 1.807) is 12.3 Å². The number of nitrogens with zero attached hydrogens (tertiary/aromatic N) is 2. The number of nitrogens with one attached hydrogen (secondary N) is 1. The molecule has 1 saturated carbocycles.